The van der Waals surface area contributed by atoms with Gasteiger partial charge in [0.15, 0.2) is 0 Å². The lowest BCUT2D eigenvalue weighted by Crippen LogP contribution is -2.29. The monoisotopic (exact) mass is 321 g/mol. The second-order valence-electron chi connectivity index (χ2n) is 5.12. The average molecular weight is 321 g/mol. The van der Waals surface area contributed by atoms with E-state index in [0.29, 0.717) is 22.6 Å². The summed E-state index contributed by atoms with van der Waals surface area (Å²) in [5.74, 6) is 0. The van der Waals surface area contributed by atoms with Crippen LogP contribution in [-0.2, 0) is 17.1 Å². The fourth-order valence-corrected chi connectivity index (χ4v) is 4.34. The normalized spacial score (nSPS) is 12.1. The van der Waals surface area contributed by atoms with Gasteiger partial charge in [-0.25, -0.2) is 13.2 Å². The van der Waals surface area contributed by atoms with Gasteiger partial charge in [0.2, 0.25) is 0 Å². The molecule has 0 aliphatic carbocycles. The quantitative estimate of drug-likeness (QED) is 0.667. The van der Waals surface area contributed by atoms with Gasteiger partial charge in [0, 0.05) is 12.7 Å². The van der Waals surface area contributed by atoms with Crippen molar-refractivity contribution in [1.82, 2.24) is 18.7 Å². The van der Waals surface area contributed by atoms with E-state index >= 15 is 0 Å². The number of H-pyrrole nitrogens is 1. The van der Waals surface area contributed by atoms with Gasteiger partial charge in [0.25, 0.3) is 10.0 Å². The molecule has 0 aliphatic rings. The van der Waals surface area contributed by atoms with E-state index < -0.39 is 15.7 Å². The number of benzene rings is 1. The first-order valence-electron chi connectivity index (χ1n) is 6.49. The molecule has 0 aliphatic heterocycles. The Bertz CT molecular complexity index is 1040. The van der Waals surface area contributed by atoms with E-state index in [9.17, 15) is 13.2 Å². The van der Waals surface area contributed by atoms with Crippen molar-refractivity contribution in [2.75, 3.05) is 5.73 Å². The number of nitrogens with two attached hydrogens (primary N) is 1. The fourth-order valence-electron chi connectivity index (χ4n) is 2.57. The summed E-state index contributed by atoms with van der Waals surface area (Å²) in [7, 11) is -2.56. The second-order valence-corrected chi connectivity index (χ2v) is 6.85. The molecule has 1 aromatic carbocycles. The van der Waals surface area contributed by atoms with Crippen LogP contribution in [0.25, 0.3) is 11.0 Å². The van der Waals surface area contributed by atoms with Gasteiger partial charge in [-0.05, 0) is 32.0 Å². The number of fused-ring (bicyclic) bond motifs is 1. The van der Waals surface area contributed by atoms with E-state index in [4.69, 9.17) is 5.73 Å². The summed E-state index contributed by atoms with van der Waals surface area (Å²) >= 11 is 0. The van der Waals surface area contributed by atoms with Crippen LogP contribution in [-0.4, -0.2) is 27.2 Å². The molecule has 22 heavy (non-hydrogen) atoms. The van der Waals surface area contributed by atoms with E-state index in [1.807, 2.05) is 0 Å². The number of nitrogens with zero attached hydrogens (tertiary/aromatic N) is 3. The molecular formula is C13H15N5O3S. The van der Waals surface area contributed by atoms with Crippen molar-refractivity contribution < 1.29 is 8.42 Å². The number of rotatable bonds is 2. The Morgan fingerprint density at radius 2 is 1.91 bits per heavy atom. The van der Waals surface area contributed by atoms with Crippen LogP contribution in [0.1, 0.15) is 11.4 Å². The second kappa shape index (κ2) is 4.47. The van der Waals surface area contributed by atoms with Crippen molar-refractivity contribution in [3.63, 3.8) is 0 Å². The standard InChI is InChI=1S/C13H15N5O3S/c1-7-12(8(2)16-15-7)22(20,21)18-11-6-9(14)4-5-10(11)17(3)13(18)19/h4-6H,14H2,1-3H3,(H,15,16). The van der Waals surface area contributed by atoms with Gasteiger partial charge in [0.1, 0.15) is 4.90 Å². The molecule has 0 bridgehead atoms. The first-order valence-corrected chi connectivity index (χ1v) is 7.93. The highest BCUT2D eigenvalue weighted by Crippen LogP contribution is 2.24. The number of anilines is 1. The topological polar surface area (TPSA) is 116 Å². The minimum Gasteiger partial charge on any atom is -0.399 e. The number of aryl methyl sites for hydroxylation is 3. The van der Waals surface area contributed by atoms with E-state index in [1.165, 1.54) is 17.7 Å². The van der Waals surface area contributed by atoms with Gasteiger partial charge in [-0.2, -0.15) is 9.07 Å². The van der Waals surface area contributed by atoms with E-state index in [0.717, 1.165) is 3.97 Å². The van der Waals surface area contributed by atoms with Crippen molar-refractivity contribution in [2.24, 2.45) is 7.05 Å². The van der Waals surface area contributed by atoms with Gasteiger partial charge >= 0.3 is 5.69 Å². The lowest BCUT2D eigenvalue weighted by atomic mass is 10.3. The summed E-state index contributed by atoms with van der Waals surface area (Å²) in [6.45, 7) is 3.17. The molecule has 0 spiro atoms. The number of hydrogen-bond donors (Lipinski definition) is 2. The zero-order chi connectivity index (χ0) is 16.2. The summed E-state index contributed by atoms with van der Waals surface area (Å²) in [4.78, 5) is 12.4. The van der Waals surface area contributed by atoms with Gasteiger partial charge in [-0.15, -0.1) is 0 Å². The maximum absolute atomic E-state index is 12.9. The van der Waals surface area contributed by atoms with Gasteiger partial charge < -0.3 is 5.73 Å². The van der Waals surface area contributed by atoms with Gasteiger partial charge in [0.05, 0.1) is 22.4 Å². The van der Waals surface area contributed by atoms with Crippen LogP contribution in [0.3, 0.4) is 0 Å². The number of hydrogen-bond acceptors (Lipinski definition) is 5. The third-order valence-electron chi connectivity index (χ3n) is 3.60. The lowest BCUT2D eigenvalue weighted by molar-refractivity contribution is 0.584. The van der Waals surface area contributed by atoms with E-state index in [-0.39, 0.29) is 10.4 Å². The molecule has 3 aromatic rings. The van der Waals surface area contributed by atoms with Crippen molar-refractivity contribution in [3.05, 3.63) is 40.1 Å². The highest BCUT2D eigenvalue weighted by atomic mass is 32.2. The van der Waals surface area contributed by atoms with Crippen LogP contribution in [0.4, 0.5) is 5.69 Å². The summed E-state index contributed by atoms with van der Waals surface area (Å²) in [5, 5.41) is 6.51. The molecule has 0 atom stereocenters. The summed E-state index contributed by atoms with van der Waals surface area (Å²) in [6.07, 6.45) is 0. The molecule has 0 unspecified atom stereocenters. The Kier molecular flexibility index (Phi) is 2.92. The molecule has 0 saturated heterocycles. The first-order chi connectivity index (χ1) is 10.2. The van der Waals surface area contributed by atoms with Crippen molar-refractivity contribution in [3.8, 4) is 0 Å². The van der Waals surface area contributed by atoms with Crippen molar-refractivity contribution >= 4 is 26.7 Å². The van der Waals surface area contributed by atoms with Crippen LogP contribution >= 0.6 is 0 Å². The zero-order valence-electron chi connectivity index (χ0n) is 12.3. The number of nitrogens with one attached hydrogen (secondary N) is 1. The molecule has 0 radical (unpaired) electrons. The van der Waals surface area contributed by atoms with Crippen LogP contribution in [0.15, 0.2) is 27.9 Å². The predicted octanol–water partition coefficient (Wildman–Crippen LogP) is 0.499. The maximum Gasteiger partial charge on any atom is 0.343 e. The Hall–Kier alpha value is -2.55. The van der Waals surface area contributed by atoms with Crippen molar-refractivity contribution in [2.45, 2.75) is 18.7 Å². The molecule has 3 rings (SSSR count). The van der Waals surface area contributed by atoms with Crippen molar-refractivity contribution in [1.29, 1.82) is 0 Å². The van der Waals surface area contributed by atoms with Crippen LogP contribution in [0.2, 0.25) is 0 Å². The molecule has 0 amide bonds. The first kappa shape index (κ1) is 14.4. The SMILES string of the molecule is Cc1n[nH]c(C)c1S(=O)(=O)n1c(=O)n(C)c2ccc(N)cc21. The molecule has 9 heteroatoms. The van der Waals surface area contributed by atoms with E-state index in [1.54, 1.807) is 26.0 Å². The molecule has 0 saturated carbocycles. The molecule has 3 N–H and O–H groups in total. The summed E-state index contributed by atoms with van der Waals surface area (Å²) < 4.78 is 27.9. The Labute approximate surface area is 126 Å². The predicted molar refractivity (Wildman–Crippen MR) is 82.2 cm³/mol. The van der Waals surface area contributed by atoms with Crippen LogP contribution in [0.5, 0.6) is 0 Å². The lowest BCUT2D eigenvalue weighted by Gasteiger charge is -2.06. The Morgan fingerprint density at radius 3 is 2.50 bits per heavy atom. The van der Waals surface area contributed by atoms with E-state index in [2.05, 4.69) is 10.2 Å². The highest BCUT2D eigenvalue weighted by Gasteiger charge is 2.29. The molecular weight excluding hydrogens is 306 g/mol. The molecule has 116 valence electrons. The summed E-state index contributed by atoms with van der Waals surface area (Å²) in [6, 6.07) is 4.71. The Morgan fingerprint density at radius 1 is 1.23 bits per heavy atom. The third kappa shape index (κ3) is 1.78. The maximum atomic E-state index is 12.9. The fraction of sp³-hybridized carbons (Fsp3) is 0.231. The zero-order valence-corrected chi connectivity index (χ0v) is 13.1. The third-order valence-corrected chi connectivity index (χ3v) is 5.55. The number of nitrogen functional groups attached to an aromatic ring is 1. The highest BCUT2D eigenvalue weighted by molar-refractivity contribution is 7.90. The minimum atomic E-state index is -4.08. The van der Waals surface area contributed by atoms with Gasteiger partial charge in [-0.1, -0.05) is 0 Å². The Balaban J connectivity index is 2.48. The number of imidazole rings is 1. The minimum absolute atomic E-state index is 0.00419. The number of aromatic amines is 1. The van der Waals surface area contributed by atoms with Crippen LogP contribution < -0.4 is 11.4 Å². The smallest absolute Gasteiger partial charge is 0.343 e. The molecule has 0 fully saturated rings. The van der Waals surface area contributed by atoms with Gasteiger partial charge in [-0.3, -0.25) is 9.67 Å². The average Bonchev–Trinajstić information content (AvgIpc) is 2.89. The largest absolute Gasteiger partial charge is 0.399 e. The summed E-state index contributed by atoms with van der Waals surface area (Å²) in [5.41, 5.74) is 6.88. The molecule has 8 nitrogen and oxygen atoms in total. The molecule has 2 heterocycles. The number of aromatic nitrogens is 4. The molecule has 2 aromatic heterocycles. The van der Waals surface area contributed by atoms with Crippen LogP contribution in [0, 0.1) is 13.8 Å².